The molecule has 0 radical (unpaired) electrons. The van der Waals surface area contributed by atoms with Crippen LogP contribution in [0.4, 0.5) is 0 Å². The van der Waals surface area contributed by atoms with Gasteiger partial charge in [0.1, 0.15) is 19.3 Å². The van der Waals surface area contributed by atoms with Crippen molar-refractivity contribution in [3.05, 3.63) is 24.3 Å². The van der Waals surface area contributed by atoms with E-state index in [-0.39, 0.29) is 25.7 Å². The van der Waals surface area contributed by atoms with E-state index in [9.17, 15) is 43.2 Å². The Morgan fingerprint density at radius 2 is 0.593 bits per heavy atom. The number of rotatable bonds is 70. The summed E-state index contributed by atoms with van der Waals surface area (Å²) in [7, 11) is -9.90. The van der Waals surface area contributed by atoms with Crippen molar-refractivity contribution in [1.29, 1.82) is 0 Å². The fourth-order valence-corrected chi connectivity index (χ4v) is 12.0. The van der Waals surface area contributed by atoms with Crippen molar-refractivity contribution >= 4 is 39.5 Å². The Hall–Kier alpha value is -2.46. The maximum atomic E-state index is 13.0. The van der Waals surface area contributed by atoms with Crippen molar-refractivity contribution in [1.82, 2.24) is 0 Å². The van der Waals surface area contributed by atoms with Gasteiger partial charge in [-0.2, -0.15) is 0 Å². The molecular formula is C72H136O17P2. The maximum Gasteiger partial charge on any atom is 0.472 e. The summed E-state index contributed by atoms with van der Waals surface area (Å²) in [5, 5.41) is 10.5. The maximum absolute atomic E-state index is 13.0. The van der Waals surface area contributed by atoms with Crippen molar-refractivity contribution in [2.24, 2.45) is 5.92 Å². The molecule has 3 N–H and O–H groups in total. The van der Waals surface area contributed by atoms with Gasteiger partial charge in [0.25, 0.3) is 0 Å². The zero-order valence-corrected chi connectivity index (χ0v) is 60.3. The van der Waals surface area contributed by atoms with Crippen molar-refractivity contribution < 1.29 is 80.2 Å². The molecule has 0 aliphatic rings. The normalized spacial score (nSPS) is 14.2. The highest BCUT2D eigenvalue weighted by molar-refractivity contribution is 7.47. The molecule has 0 aliphatic carbocycles. The Morgan fingerprint density at radius 3 is 0.901 bits per heavy atom. The Bertz CT molecular complexity index is 1850. The van der Waals surface area contributed by atoms with E-state index in [0.717, 1.165) is 116 Å². The molecule has 536 valence electrons. The molecule has 0 heterocycles. The lowest BCUT2D eigenvalue weighted by atomic mass is 10.0. The lowest BCUT2D eigenvalue weighted by molar-refractivity contribution is -0.161. The summed E-state index contributed by atoms with van der Waals surface area (Å²) in [4.78, 5) is 72.2. The number of hydrogen-bond acceptors (Lipinski definition) is 15. The molecule has 0 spiro atoms. The second-order valence-electron chi connectivity index (χ2n) is 25.8. The molecular weight excluding hydrogens is 1200 g/mol. The van der Waals surface area contributed by atoms with Crippen molar-refractivity contribution in [3.8, 4) is 0 Å². The van der Waals surface area contributed by atoms with Crippen LogP contribution in [-0.4, -0.2) is 96.7 Å². The first kappa shape index (κ1) is 88.5. The van der Waals surface area contributed by atoms with E-state index in [4.69, 9.17) is 37.0 Å². The number of phosphoric acid groups is 2. The van der Waals surface area contributed by atoms with Crippen LogP contribution >= 0.6 is 15.6 Å². The van der Waals surface area contributed by atoms with Crippen LogP contribution in [0.2, 0.25) is 0 Å². The van der Waals surface area contributed by atoms with Crippen LogP contribution in [0.5, 0.6) is 0 Å². The number of allylic oxidation sites excluding steroid dienone is 4. The molecule has 0 saturated heterocycles. The average molecular weight is 1340 g/mol. The lowest BCUT2D eigenvalue weighted by Gasteiger charge is -2.21. The third-order valence-electron chi connectivity index (χ3n) is 16.2. The Labute approximate surface area is 554 Å². The number of esters is 4. The van der Waals surface area contributed by atoms with E-state index in [2.05, 4.69) is 58.9 Å². The van der Waals surface area contributed by atoms with Gasteiger partial charge in [0.05, 0.1) is 26.4 Å². The SMILES string of the molecule is CCCCCC/C=C\C=C/CCCCCCCC(=O)OC[C@H](COP(=O)(O)OC[C@@H](O)COP(=O)(O)OC[C@@H](COC(=O)CCCCCCC)OC(=O)CCCCCCCCC(C)C)OC(=O)CCCCCCCCCCCCCCCCCCCCCCCC. The minimum atomic E-state index is -4.96. The molecule has 0 amide bonds. The van der Waals surface area contributed by atoms with Crippen molar-refractivity contribution in [2.75, 3.05) is 39.6 Å². The Kier molecular flexibility index (Phi) is 63.1. The minimum absolute atomic E-state index is 0.0991. The van der Waals surface area contributed by atoms with Crippen LogP contribution in [-0.2, 0) is 65.4 Å². The molecule has 0 fully saturated rings. The first-order valence-corrected chi connectivity index (χ1v) is 39.9. The van der Waals surface area contributed by atoms with E-state index in [1.807, 2.05) is 0 Å². The number of ether oxygens (including phenoxy) is 4. The zero-order valence-electron chi connectivity index (χ0n) is 58.5. The highest BCUT2D eigenvalue weighted by Crippen LogP contribution is 2.45. The lowest BCUT2D eigenvalue weighted by Crippen LogP contribution is -2.30. The van der Waals surface area contributed by atoms with Gasteiger partial charge in [0, 0.05) is 25.7 Å². The van der Waals surface area contributed by atoms with Crippen molar-refractivity contribution in [2.45, 2.75) is 368 Å². The quantitative estimate of drug-likeness (QED) is 0.0169. The molecule has 5 atom stereocenters. The Balaban J connectivity index is 5.13. The van der Waals surface area contributed by atoms with E-state index < -0.39 is 97.5 Å². The largest absolute Gasteiger partial charge is 0.472 e. The number of phosphoric ester groups is 2. The number of carbonyl (C=O) groups is 4. The fourth-order valence-electron chi connectivity index (χ4n) is 10.5. The Morgan fingerprint density at radius 1 is 0.341 bits per heavy atom. The number of hydrogen-bond donors (Lipinski definition) is 3. The van der Waals surface area contributed by atoms with Gasteiger partial charge in [-0.1, -0.05) is 296 Å². The smallest absolute Gasteiger partial charge is 0.462 e. The van der Waals surface area contributed by atoms with Gasteiger partial charge < -0.3 is 33.8 Å². The zero-order chi connectivity index (χ0) is 67.0. The van der Waals surface area contributed by atoms with Crippen LogP contribution in [0.25, 0.3) is 0 Å². The van der Waals surface area contributed by atoms with Crippen LogP contribution in [0.3, 0.4) is 0 Å². The summed E-state index contributed by atoms with van der Waals surface area (Å²) >= 11 is 0. The molecule has 2 unspecified atom stereocenters. The number of carbonyl (C=O) groups excluding carboxylic acids is 4. The van der Waals surface area contributed by atoms with E-state index in [1.54, 1.807) is 0 Å². The minimum Gasteiger partial charge on any atom is -0.462 e. The van der Waals surface area contributed by atoms with Gasteiger partial charge in [-0.15, -0.1) is 0 Å². The standard InChI is InChI=1S/C72H136O17P2/c1-6-9-12-15-17-19-21-23-25-26-27-28-29-30-31-33-35-37-39-41-47-52-57-71(76)88-68(62-83-70(75)56-51-46-40-38-36-34-32-24-22-20-18-16-13-10-7-2)64-87-91(80,81)85-60-66(73)59-84-90(78,79)86-63-67(61-82-69(74)55-50-44-14-11-8-3)89-72(77)58-53-48-43-42-45-49-54-65(4)5/h20,22,24,32,65-68,73H,6-19,21,23,25-31,33-64H2,1-5H3,(H,78,79)(H,80,81)/b22-20-,32-24-/t66-,67+,68+/m0/s1. The van der Waals surface area contributed by atoms with Crippen LogP contribution in [0.15, 0.2) is 24.3 Å². The van der Waals surface area contributed by atoms with E-state index >= 15 is 0 Å². The van der Waals surface area contributed by atoms with E-state index in [1.165, 1.54) is 148 Å². The number of aliphatic hydroxyl groups is 1. The summed E-state index contributed by atoms with van der Waals surface area (Å²) in [5.74, 6) is -1.50. The van der Waals surface area contributed by atoms with Crippen LogP contribution in [0, 0.1) is 5.92 Å². The number of aliphatic hydroxyl groups excluding tert-OH is 1. The van der Waals surface area contributed by atoms with Crippen molar-refractivity contribution in [3.63, 3.8) is 0 Å². The molecule has 0 aromatic rings. The first-order valence-electron chi connectivity index (χ1n) is 37.0. The molecule has 0 aliphatic heterocycles. The highest BCUT2D eigenvalue weighted by atomic mass is 31.2. The predicted octanol–water partition coefficient (Wildman–Crippen LogP) is 20.5. The van der Waals surface area contributed by atoms with Crippen LogP contribution < -0.4 is 0 Å². The van der Waals surface area contributed by atoms with Gasteiger partial charge in [-0.05, 0) is 57.3 Å². The molecule has 0 aromatic carbocycles. The third-order valence-corrected chi connectivity index (χ3v) is 18.1. The summed E-state index contributed by atoms with van der Waals surface area (Å²) in [6, 6.07) is 0. The van der Waals surface area contributed by atoms with Gasteiger partial charge >= 0.3 is 39.5 Å². The molecule has 0 saturated carbocycles. The summed E-state index contributed by atoms with van der Waals surface area (Å²) in [6.07, 6.45) is 55.8. The monoisotopic (exact) mass is 1330 g/mol. The average Bonchev–Trinajstić information content (AvgIpc) is 3.47. The number of unbranched alkanes of at least 4 members (excludes halogenated alkanes) is 39. The second kappa shape index (κ2) is 64.9. The van der Waals surface area contributed by atoms with E-state index in [0.29, 0.717) is 31.6 Å². The molecule has 91 heavy (non-hydrogen) atoms. The highest BCUT2D eigenvalue weighted by Gasteiger charge is 2.30. The summed E-state index contributed by atoms with van der Waals surface area (Å²) in [6.45, 7) is 6.99. The van der Waals surface area contributed by atoms with Gasteiger partial charge in [0.2, 0.25) is 0 Å². The fraction of sp³-hybridized carbons (Fsp3) is 0.889. The molecule has 0 bridgehead atoms. The van der Waals surface area contributed by atoms with Gasteiger partial charge in [-0.3, -0.25) is 37.3 Å². The predicted molar refractivity (Wildman–Crippen MR) is 368 cm³/mol. The van der Waals surface area contributed by atoms with Gasteiger partial charge in [-0.25, -0.2) is 9.13 Å². The molecule has 19 heteroatoms. The molecule has 17 nitrogen and oxygen atoms in total. The summed E-state index contributed by atoms with van der Waals surface area (Å²) < 4.78 is 68.0. The van der Waals surface area contributed by atoms with Crippen LogP contribution in [0.1, 0.15) is 349 Å². The molecule has 0 rings (SSSR count). The molecule has 0 aromatic heterocycles. The topological polar surface area (TPSA) is 237 Å². The third kappa shape index (κ3) is 66.0. The van der Waals surface area contributed by atoms with Gasteiger partial charge in [0.15, 0.2) is 12.2 Å². The second-order valence-corrected chi connectivity index (χ2v) is 28.7. The first-order chi connectivity index (χ1) is 44.0. The summed E-state index contributed by atoms with van der Waals surface area (Å²) in [5.41, 5.74) is 0.